The fourth-order valence-corrected chi connectivity index (χ4v) is 5.05. The lowest BCUT2D eigenvalue weighted by atomic mass is 9.72. The van der Waals surface area contributed by atoms with Gasteiger partial charge in [0.15, 0.2) is 0 Å². The SMILES string of the molecule is C[C@H](c1cccs1)[S@@](=O)CC(=O)NC1(c2ccccc2)CCC1. The summed E-state index contributed by atoms with van der Waals surface area (Å²) in [6.07, 6.45) is 3.02. The van der Waals surface area contributed by atoms with Gasteiger partial charge in [-0.05, 0) is 43.2 Å². The van der Waals surface area contributed by atoms with Crippen LogP contribution in [0.15, 0.2) is 47.8 Å². The molecule has 1 aromatic carbocycles. The molecule has 1 amide bonds. The van der Waals surface area contributed by atoms with E-state index in [4.69, 9.17) is 0 Å². The monoisotopic (exact) mass is 347 g/mol. The number of amides is 1. The molecule has 1 aromatic heterocycles. The first-order chi connectivity index (χ1) is 11.1. The number of nitrogens with one attached hydrogen (secondary N) is 1. The van der Waals surface area contributed by atoms with Crippen LogP contribution in [0.4, 0.5) is 0 Å². The van der Waals surface area contributed by atoms with Crippen molar-refractivity contribution in [3.05, 3.63) is 58.3 Å². The summed E-state index contributed by atoms with van der Waals surface area (Å²) in [5.41, 5.74) is 0.894. The van der Waals surface area contributed by atoms with Gasteiger partial charge in [0.2, 0.25) is 5.91 Å². The molecule has 0 radical (unpaired) electrons. The molecular weight excluding hydrogens is 326 g/mol. The fraction of sp³-hybridized carbons (Fsp3) is 0.389. The van der Waals surface area contributed by atoms with E-state index in [1.54, 1.807) is 11.3 Å². The Morgan fingerprint density at radius 3 is 2.57 bits per heavy atom. The van der Waals surface area contributed by atoms with Crippen LogP contribution in [0.2, 0.25) is 0 Å². The molecule has 1 aliphatic rings. The molecule has 3 nitrogen and oxygen atoms in total. The van der Waals surface area contributed by atoms with Gasteiger partial charge in [-0.3, -0.25) is 9.00 Å². The molecule has 1 heterocycles. The highest BCUT2D eigenvalue weighted by molar-refractivity contribution is 7.86. The second-order valence-corrected chi connectivity index (χ2v) is 8.77. The summed E-state index contributed by atoms with van der Waals surface area (Å²) in [5, 5.41) is 5.02. The van der Waals surface area contributed by atoms with Gasteiger partial charge in [-0.15, -0.1) is 11.3 Å². The van der Waals surface area contributed by atoms with Crippen molar-refractivity contribution in [2.45, 2.75) is 37.0 Å². The molecule has 0 bridgehead atoms. The van der Waals surface area contributed by atoms with Crippen LogP contribution in [0.3, 0.4) is 0 Å². The van der Waals surface area contributed by atoms with Crippen molar-refractivity contribution >= 4 is 28.0 Å². The number of rotatable bonds is 6. The van der Waals surface area contributed by atoms with E-state index in [1.165, 1.54) is 0 Å². The molecule has 1 fully saturated rings. The maximum absolute atomic E-state index is 12.4. The Balaban J connectivity index is 1.64. The normalized spacial score (nSPS) is 18.7. The molecule has 5 heteroatoms. The highest BCUT2D eigenvalue weighted by atomic mass is 32.2. The Labute approximate surface area is 143 Å². The van der Waals surface area contributed by atoms with Crippen molar-refractivity contribution in [1.29, 1.82) is 0 Å². The summed E-state index contributed by atoms with van der Waals surface area (Å²) < 4.78 is 12.4. The minimum Gasteiger partial charge on any atom is -0.346 e. The van der Waals surface area contributed by atoms with Crippen LogP contribution in [0.5, 0.6) is 0 Å². The van der Waals surface area contributed by atoms with Crippen molar-refractivity contribution in [3.8, 4) is 0 Å². The van der Waals surface area contributed by atoms with Crippen LogP contribution < -0.4 is 5.32 Å². The molecule has 0 spiro atoms. The molecular formula is C18H21NO2S2. The molecule has 0 aliphatic heterocycles. The van der Waals surface area contributed by atoms with E-state index in [-0.39, 0.29) is 22.4 Å². The van der Waals surface area contributed by atoms with E-state index < -0.39 is 10.8 Å². The molecule has 23 heavy (non-hydrogen) atoms. The average molecular weight is 348 g/mol. The summed E-state index contributed by atoms with van der Waals surface area (Å²) in [5.74, 6) is -0.0523. The van der Waals surface area contributed by atoms with Gasteiger partial charge < -0.3 is 5.32 Å². The molecule has 1 aliphatic carbocycles. The van der Waals surface area contributed by atoms with E-state index >= 15 is 0 Å². The Morgan fingerprint density at radius 2 is 2.00 bits per heavy atom. The number of benzene rings is 1. The molecule has 122 valence electrons. The summed E-state index contributed by atoms with van der Waals surface area (Å²) in [6, 6.07) is 14.0. The lowest BCUT2D eigenvalue weighted by molar-refractivity contribution is -0.121. The zero-order valence-electron chi connectivity index (χ0n) is 13.2. The third-order valence-corrected chi connectivity index (χ3v) is 7.32. The Hall–Kier alpha value is -1.46. The van der Waals surface area contributed by atoms with Gasteiger partial charge in [-0.25, -0.2) is 0 Å². The highest BCUT2D eigenvalue weighted by Crippen LogP contribution is 2.41. The van der Waals surface area contributed by atoms with Crippen molar-refractivity contribution in [1.82, 2.24) is 5.32 Å². The zero-order valence-corrected chi connectivity index (χ0v) is 14.8. The Morgan fingerprint density at radius 1 is 1.26 bits per heavy atom. The highest BCUT2D eigenvalue weighted by Gasteiger charge is 2.40. The lowest BCUT2D eigenvalue weighted by Gasteiger charge is -2.43. The predicted molar refractivity (Wildman–Crippen MR) is 95.9 cm³/mol. The minimum absolute atomic E-state index is 0.0631. The standard InChI is InChI=1S/C18H21NO2S2/c1-14(16-9-5-12-22-16)23(21)13-17(20)19-18(10-6-11-18)15-7-3-2-4-8-15/h2-5,7-9,12,14H,6,10-11,13H2,1H3,(H,19,20)/t14-,23+/m1/s1. The van der Waals surface area contributed by atoms with Crippen LogP contribution in [0.1, 0.15) is 41.9 Å². The van der Waals surface area contributed by atoms with E-state index in [0.717, 1.165) is 29.7 Å². The van der Waals surface area contributed by atoms with Gasteiger partial charge in [-0.1, -0.05) is 36.4 Å². The van der Waals surface area contributed by atoms with Crippen molar-refractivity contribution < 1.29 is 9.00 Å². The van der Waals surface area contributed by atoms with Gasteiger partial charge in [0.1, 0.15) is 5.75 Å². The van der Waals surface area contributed by atoms with Crippen molar-refractivity contribution in [3.63, 3.8) is 0 Å². The first-order valence-corrected chi connectivity index (χ1v) is 10.1. The number of hydrogen-bond donors (Lipinski definition) is 1. The summed E-state index contributed by atoms with van der Waals surface area (Å²) in [7, 11) is -1.19. The number of hydrogen-bond acceptors (Lipinski definition) is 3. The number of carbonyl (C=O) groups is 1. The maximum Gasteiger partial charge on any atom is 0.233 e. The minimum atomic E-state index is -1.19. The van der Waals surface area contributed by atoms with E-state index in [9.17, 15) is 9.00 Å². The largest absolute Gasteiger partial charge is 0.346 e. The maximum atomic E-state index is 12.4. The van der Waals surface area contributed by atoms with Gasteiger partial charge in [0.05, 0.1) is 10.8 Å². The Kier molecular flexibility index (Phi) is 4.97. The summed E-state index contributed by atoms with van der Waals surface area (Å²) in [6.45, 7) is 1.92. The molecule has 1 N–H and O–H groups in total. The van der Waals surface area contributed by atoms with Gasteiger partial charge in [-0.2, -0.15) is 0 Å². The van der Waals surface area contributed by atoms with Crippen molar-refractivity contribution in [2.75, 3.05) is 5.75 Å². The van der Waals surface area contributed by atoms with Crippen LogP contribution in [-0.4, -0.2) is 15.9 Å². The van der Waals surface area contributed by atoms with Gasteiger partial charge in [0.25, 0.3) is 0 Å². The molecule has 2 atom stereocenters. The second kappa shape index (κ2) is 6.97. The van der Waals surface area contributed by atoms with Gasteiger partial charge in [0, 0.05) is 15.7 Å². The second-order valence-electron chi connectivity index (χ2n) is 6.03. The molecule has 0 unspecified atom stereocenters. The number of carbonyl (C=O) groups excluding carboxylic acids is 1. The van der Waals surface area contributed by atoms with E-state index in [0.29, 0.717) is 0 Å². The fourth-order valence-electron chi connectivity index (χ4n) is 2.98. The van der Waals surface area contributed by atoms with Crippen LogP contribution in [0, 0.1) is 0 Å². The van der Waals surface area contributed by atoms with Crippen LogP contribution in [-0.2, 0) is 21.1 Å². The summed E-state index contributed by atoms with van der Waals surface area (Å²) >= 11 is 1.59. The quantitative estimate of drug-likeness (QED) is 0.865. The van der Waals surface area contributed by atoms with Gasteiger partial charge >= 0.3 is 0 Å². The van der Waals surface area contributed by atoms with Crippen LogP contribution >= 0.6 is 11.3 Å². The zero-order chi connectivity index (χ0) is 16.3. The predicted octanol–water partition coefficient (Wildman–Crippen LogP) is 3.75. The van der Waals surface area contributed by atoms with E-state index in [2.05, 4.69) is 17.4 Å². The van der Waals surface area contributed by atoms with Crippen molar-refractivity contribution in [2.24, 2.45) is 0 Å². The Bertz CT molecular complexity index is 678. The first-order valence-electron chi connectivity index (χ1n) is 7.88. The average Bonchev–Trinajstić information content (AvgIpc) is 3.05. The first kappa shape index (κ1) is 16.4. The van der Waals surface area contributed by atoms with E-state index in [1.807, 2.05) is 42.6 Å². The number of thiophene rings is 1. The topological polar surface area (TPSA) is 46.2 Å². The molecule has 0 saturated heterocycles. The molecule has 1 saturated carbocycles. The smallest absolute Gasteiger partial charge is 0.233 e. The summed E-state index contributed by atoms with van der Waals surface area (Å²) in [4.78, 5) is 13.5. The van der Waals surface area contributed by atoms with Crippen LogP contribution in [0.25, 0.3) is 0 Å². The molecule has 3 rings (SSSR count). The third-order valence-electron chi connectivity index (χ3n) is 4.52. The third kappa shape index (κ3) is 3.56. The lowest BCUT2D eigenvalue weighted by Crippen LogP contribution is -2.52. The molecule has 2 aromatic rings.